The number of carbonyl (C=O) groups is 1. The van der Waals surface area contributed by atoms with Crippen molar-refractivity contribution < 1.29 is 9.53 Å². The first-order chi connectivity index (χ1) is 20.9. The van der Waals surface area contributed by atoms with Crippen LogP contribution in [0.5, 0.6) is 5.75 Å². The van der Waals surface area contributed by atoms with E-state index in [2.05, 4.69) is 60.1 Å². The van der Waals surface area contributed by atoms with Crippen molar-refractivity contribution in [3.63, 3.8) is 0 Å². The molecule has 0 radical (unpaired) electrons. The number of nitrogens with zero attached hydrogens (tertiary/aromatic N) is 7. The molecule has 2 N–H and O–H groups in total. The molecule has 4 aromatic rings. The minimum atomic E-state index is -0.266. The van der Waals surface area contributed by atoms with E-state index in [0.717, 1.165) is 67.1 Å². The number of aryl methyl sites for hydroxylation is 1. The number of piperazine rings is 1. The van der Waals surface area contributed by atoms with Crippen LogP contribution in [0.1, 0.15) is 12.8 Å². The van der Waals surface area contributed by atoms with E-state index in [-0.39, 0.29) is 5.91 Å². The summed E-state index contributed by atoms with van der Waals surface area (Å²) in [5, 5.41) is 11.8. The highest BCUT2D eigenvalue weighted by Gasteiger charge is 2.28. The first-order valence-corrected chi connectivity index (χ1v) is 14.8. The lowest BCUT2D eigenvalue weighted by molar-refractivity contribution is -0.111. The lowest BCUT2D eigenvalue weighted by atomic mass is 10.0. The molecule has 224 valence electrons. The second kappa shape index (κ2) is 12.4. The fourth-order valence-electron chi connectivity index (χ4n) is 6.11. The standard InChI is InChI=1S/C32H39N9O2/c1-5-32(42)37-26-17-27(36-31-18-25(33-21-34-31)22-6-7-28-23(16-22)20-35-39(28)3)30(43-4)19-29(26)41-14-12-40(13-15-41)24-8-10-38(2)11-9-24/h5-7,16-21,24H,1,8-15H2,2-4H3,(H,37,42)(H,33,34,36). The fourth-order valence-corrected chi connectivity index (χ4v) is 6.11. The normalized spacial score (nSPS) is 16.8. The van der Waals surface area contributed by atoms with Crippen molar-refractivity contribution in [1.29, 1.82) is 0 Å². The predicted molar refractivity (Wildman–Crippen MR) is 171 cm³/mol. The number of hydrogen-bond donors (Lipinski definition) is 2. The Morgan fingerprint density at radius 3 is 2.53 bits per heavy atom. The molecule has 1 amide bonds. The molecule has 2 aliphatic heterocycles. The van der Waals surface area contributed by atoms with Gasteiger partial charge in [-0.05, 0) is 57.3 Å². The van der Waals surface area contributed by atoms with Crippen molar-refractivity contribution in [3.05, 3.63) is 61.6 Å². The average molecular weight is 582 g/mol. The summed E-state index contributed by atoms with van der Waals surface area (Å²) in [6.45, 7) is 9.67. The molecule has 0 bridgehead atoms. The van der Waals surface area contributed by atoms with Gasteiger partial charge >= 0.3 is 0 Å². The van der Waals surface area contributed by atoms with Gasteiger partial charge in [0.15, 0.2) is 0 Å². The van der Waals surface area contributed by atoms with E-state index in [1.165, 1.54) is 25.2 Å². The van der Waals surface area contributed by atoms with Crippen LogP contribution in [0.2, 0.25) is 0 Å². The number of likely N-dealkylation sites (tertiary alicyclic amines) is 1. The van der Waals surface area contributed by atoms with Crippen molar-refractivity contribution in [3.8, 4) is 17.0 Å². The van der Waals surface area contributed by atoms with E-state index >= 15 is 0 Å². The molecule has 2 aromatic carbocycles. The van der Waals surface area contributed by atoms with Crippen LogP contribution in [0.3, 0.4) is 0 Å². The topological polar surface area (TPSA) is 104 Å². The maximum atomic E-state index is 12.5. The number of fused-ring (bicyclic) bond motifs is 1. The molecule has 11 heteroatoms. The van der Waals surface area contributed by atoms with Gasteiger partial charge in [-0.3, -0.25) is 14.4 Å². The van der Waals surface area contributed by atoms with Gasteiger partial charge in [-0.2, -0.15) is 5.10 Å². The molecule has 0 spiro atoms. The van der Waals surface area contributed by atoms with Gasteiger partial charge < -0.3 is 25.2 Å². The van der Waals surface area contributed by atoms with Crippen LogP contribution in [-0.2, 0) is 11.8 Å². The Morgan fingerprint density at radius 1 is 1.00 bits per heavy atom. The van der Waals surface area contributed by atoms with Gasteiger partial charge in [-0.1, -0.05) is 12.6 Å². The second-order valence-electron chi connectivity index (χ2n) is 11.3. The van der Waals surface area contributed by atoms with Crippen molar-refractivity contribution >= 4 is 39.7 Å². The smallest absolute Gasteiger partial charge is 0.247 e. The minimum absolute atomic E-state index is 0.266. The van der Waals surface area contributed by atoms with E-state index in [1.807, 2.05) is 48.3 Å². The predicted octanol–water partition coefficient (Wildman–Crippen LogP) is 4.12. The van der Waals surface area contributed by atoms with Gasteiger partial charge in [-0.25, -0.2) is 9.97 Å². The molecule has 0 aliphatic carbocycles. The Morgan fingerprint density at radius 2 is 1.79 bits per heavy atom. The summed E-state index contributed by atoms with van der Waals surface area (Å²) >= 11 is 0. The zero-order valence-electron chi connectivity index (χ0n) is 25.1. The number of benzene rings is 2. The molecule has 43 heavy (non-hydrogen) atoms. The number of carbonyl (C=O) groups excluding carboxylic acids is 1. The van der Waals surface area contributed by atoms with Crippen molar-refractivity contribution in [2.24, 2.45) is 7.05 Å². The van der Waals surface area contributed by atoms with E-state index in [1.54, 1.807) is 7.11 Å². The van der Waals surface area contributed by atoms with Gasteiger partial charge in [0, 0.05) is 62.4 Å². The maximum Gasteiger partial charge on any atom is 0.247 e. The number of methoxy groups -OCH3 is 1. The van der Waals surface area contributed by atoms with Crippen LogP contribution in [0, 0.1) is 0 Å². The number of piperidine rings is 1. The first-order valence-electron chi connectivity index (χ1n) is 14.8. The van der Waals surface area contributed by atoms with Gasteiger partial charge in [0.1, 0.15) is 17.9 Å². The molecule has 0 unspecified atom stereocenters. The van der Waals surface area contributed by atoms with Crippen molar-refractivity contribution in [1.82, 2.24) is 29.5 Å². The molecule has 2 aromatic heterocycles. The van der Waals surface area contributed by atoms with Gasteiger partial charge in [0.2, 0.25) is 5.91 Å². The molecular formula is C32H39N9O2. The van der Waals surface area contributed by atoms with Crippen LogP contribution in [0.25, 0.3) is 22.2 Å². The maximum absolute atomic E-state index is 12.5. The quantitative estimate of drug-likeness (QED) is 0.298. The number of rotatable bonds is 8. The Hall–Kier alpha value is -4.48. The van der Waals surface area contributed by atoms with E-state index in [4.69, 9.17) is 4.74 Å². The number of ether oxygens (including phenoxy) is 1. The number of amides is 1. The highest BCUT2D eigenvalue weighted by Crippen LogP contribution is 2.39. The third-order valence-electron chi connectivity index (χ3n) is 8.59. The van der Waals surface area contributed by atoms with Crippen LogP contribution in [-0.4, -0.2) is 94.9 Å². The first kappa shape index (κ1) is 28.6. The summed E-state index contributed by atoms with van der Waals surface area (Å²) < 4.78 is 7.68. The Kier molecular flexibility index (Phi) is 8.26. The largest absolute Gasteiger partial charge is 0.494 e. The Labute approximate surface area is 252 Å². The second-order valence-corrected chi connectivity index (χ2v) is 11.3. The molecule has 0 saturated carbocycles. The van der Waals surface area contributed by atoms with Crippen molar-refractivity contribution in [2.45, 2.75) is 18.9 Å². The van der Waals surface area contributed by atoms with Crippen molar-refractivity contribution in [2.75, 3.05) is 69.0 Å². The third-order valence-corrected chi connectivity index (χ3v) is 8.59. The Balaban J connectivity index is 1.24. The molecule has 2 saturated heterocycles. The van der Waals surface area contributed by atoms with E-state index in [9.17, 15) is 4.79 Å². The van der Waals surface area contributed by atoms with Crippen LogP contribution < -0.4 is 20.3 Å². The number of hydrogen-bond acceptors (Lipinski definition) is 9. The van der Waals surface area contributed by atoms with Gasteiger partial charge in [0.25, 0.3) is 0 Å². The van der Waals surface area contributed by atoms with Gasteiger partial charge in [0.05, 0.1) is 41.6 Å². The van der Waals surface area contributed by atoms with E-state index in [0.29, 0.717) is 29.0 Å². The lowest BCUT2D eigenvalue weighted by Crippen LogP contribution is -2.53. The summed E-state index contributed by atoms with van der Waals surface area (Å²) in [5.74, 6) is 0.994. The Bertz CT molecular complexity index is 1620. The van der Waals surface area contributed by atoms with Crippen LogP contribution in [0.4, 0.5) is 22.9 Å². The average Bonchev–Trinajstić information content (AvgIpc) is 3.41. The third kappa shape index (κ3) is 6.18. The molecule has 4 heterocycles. The van der Waals surface area contributed by atoms with Gasteiger partial charge in [-0.15, -0.1) is 0 Å². The summed E-state index contributed by atoms with van der Waals surface area (Å²) in [5.41, 5.74) is 5.10. The van der Waals surface area contributed by atoms with E-state index < -0.39 is 0 Å². The molecule has 0 atom stereocenters. The van der Waals surface area contributed by atoms with Crippen LogP contribution >= 0.6 is 0 Å². The highest BCUT2D eigenvalue weighted by atomic mass is 16.5. The monoisotopic (exact) mass is 581 g/mol. The zero-order valence-corrected chi connectivity index (χ0v) is 25.1. The molecular weight excluding hydrogens is 542 g/mol. The summed E-state index contributed by atoms with van der Waals surface area (Å²) in [4.78, 5) is 28.8. The summed E-state index contributed by atoms with van der Waals surface area (Å²) in [7, 11) is 5.78. The fraction of sp³-hybridized carbons (Fsp3) is 0.375. The number of anilines is 4. The van der Waals surface area contributed by atoms with Crippen LogP contribution in [0.15, 0.2) is 61.6 Å². The molecule has 11 nitrogen and oxygen atoms in total. The SMILES string of the molecule is C=CC(=O)Nc1cc(Nc2cc(-c3ccc4c(cnn4C)c3)ncn2)c(OC)cc1N1CCN(C2CCN(C)CC2)CC1. The summed E-state index contributed by atoms with van der Waals surface area (Å²) in [6.07, 6.45) is 7.10. The zero-order chi connectivity index (χ0) is 29.9. The molecule has 2 aliphatic rings. The number of aromatic nitrogens is 4. The molecule has 6 rings (SSSR count). The lowest BCUT2D eigenvalue weighted by Gasteiger charge is -2.43. The highest BCUT2D eigenvalue weighted by molar-refractivity contribution is 6.02. The summed E-state index contributed by atoms with van der Waals surface area (Å²) in [6, 6.07) is 12.6. The number of nitrogens with one attached hydrogen (secondary N) is 2. The minimum Gasteiger partial charge on any atom is -0.494 e. The molecule has 2 fully saturated rings.